The van der Waals surface area contributed by atoms with Gasteiger partial charge in [0.05, 0.1) is 0 Å². The molecule has 0 aromatic carbocycles. The van der Waals surface area contributed by atoms with Crippen LogP contribution < -0.4 is 0 Å². The summed E-state index contributed by atoms with van der Waals surface area (Å²) in [5.41, 5.74) is 0.462. The molecule has 1 aliphatic rings. The van der Waals surface area contributed by atoms with Crippen molar-refractivity contribution < 1.29 is 0 Å². The van der Waals surface area contributed by atoms with Gasteiger partial charge < -0.3 is 0 Å². The molecule has 1 saturated carbocycles. The minimum Gasteiger partial charge on any atom is -0.298 e. The van der Waals surface area contributed by atoms with E-state index in [9.17, 15) is 0 Å². The standard InChI is InChI=1S/C11H22N/c1-4-11(9-7-8-10-11)12(5-2)6-3/h4H,5-10H2,1-3H3. The second-order valence-corrected chi connectivity index (χ2v) is 3.77. The van der Waals surface area contributed by atoms with E-state index < -0.39 is 0 Å². The summed E-state index contributed by atoms with van der Waals surface area (Å²) in [6.45, 7) is 9.16. The first-order chi connectivity index (χ1) is 5.79. The second kappa shape index (κ2) is 4.27. The van der Waals surface area contributed by atoms with Crippen molar-refractivity contribution in [3.63, 3.8) is 0 Å². The molecule has 0 heterocycles. The summed E-state index contributed by atoms with van der Waals surface area (Å²) in [5.74, 6) is 0. The molecule has 1 rings (SSSR count). The Bertz CT molecular complexity index is 121. The monoisotopic (exact) mass is 168 g/mol. The van der Waals surface area contributed by atoms with E-state index in [1.807, 2.05) is 0 Å². The van der Waals surface area contributed by atoms with Gasteiger partial charge in [-0.1, -0.05) is 33.6 Å². The molecule has 0 unspecified atom stereocenters. The van der Waals surface area contributed by atoms with Crippen LogP contribution in [0.25, 0.3) is 0 Å². The van der Waals surface area contributed by atoms with Crippen molar-refractivity contribution in [1.29, 1.82) is 0 Å². The van der Waals surface area contributed by atoms with Crippen molar-refractivity contribution in [2.75, 3.05) is 13.1 Å². The van der Waals surface area contributed by atoms with E-state index in [4.69, 9.17) is 0 Å². The van der Waals surface area contributed by atoms with E-state index in [-0.39, 0.29) is 0 Å². The van der Waals surface area contributed by atoms with Crippen LogP contribution in [-0.2, 0) is 0 Å². The molecular weight excluding hydrogens is 146 g/mol. The van der Waals surface area contributed by atoms with E-state index in [0.717, 1.165) is 0 Å². The summed E-state index contributed by atoms with van der Waals surface area (Å²) in [6, 6.07) is 0. The number of hydrogen-bond acceptors (Lipinski definition) is 1. The molecule has 0 atom stereocenters. The van der Waals surface area contributed by atoms with Crippen molar-refractivity contribution >= 4 is 0 Å². The van der Waals surface area contributed by atoms with Crippen molar-refractivity contribution in [1.82, 2.24) is 4.90 Å². The Hall–Kier alpha value is -0.0400. The molecule has 12 heavy (non-hydrogen) atoms. The average Bonchev–Trinajstić information content (AvgIpc) is 2.56. The lowest BCUT2D eigenvalue weighted by Crippen LogP contribution is -2.46. The fourth-order valence-electron chi connectivity index (χ4n) is 2.63. The lowest BCUT2D eigenvalue weighted by molar-refractivity contribution is 0.136. The zero-order valence-electron chi connectivity index (χ0n) is 8.77. The first-order valence-electron chi connectivity index (χ1n) is 5.34. The highest BCUT2D eigenvalue weighted by Gasteiger charge is 2.36. The third kappa shape index (κ3) is 1.66. The summed E-state index contributed by atoms with van der Waals surface area (Å²) in [6.07, 6.45) is 8.02. The Balaban J connectivity index is 2.63. The zero-order valence-corrected chi connectivity index (χ0v) is 8.77. The van der Waals surface area contributed by atoms with Crippen LogP contribution in [0.15, 0.2) is 0 Å². The summed E-state index contributed by atoms with van der Waals surface area (Å²) in [4.78, 5) is 2.61. The van der Waals surface area contributed by atoms with E-state index in [2.05, 4.69) is 32.1 Å². The molecule has 0 saturated heterocycles. The summed E-state index contributed by atoms with van der Waals surface area (Å²) in [5, 5.41) is 0. The maximum atomic E-state index is 2.61. The Morgan fingerprint density at radius 1 is 1.17 bits per heavy atom. The minimum atomic E-state index is 0.462. The summed E-state index contributed by atoms with van der Waals surface area (Å²) >= 11 is 0. The summed E-state index contributed by atoms with van der Waals surface area (Å²) < 4.78 is 0. The molecule has 1 heteroatoms. The SMILES string of the molecule is C[CH]C1(N(CC)CC)CCCC1. The van der Waals surface area contributed by atoms with Crippen LogP contribution in [0, 0.1) is 6.42 Å². The van der Waals surface area contributed by atoms with E-state index in [1.54, 1.807) is 0 Å². The molecule has 0 aromatic heterocycles. The van der Waals surface area contributed by atoms with Crippen LogP contribution in [0.3, 0.4) is 0 Å². The van der Waals surface area contributed by atoms with Gasteiger partial charge in [0.15, 0.2) is 0 Å². The topological polar surface area (TPSA) is 3.24 Å². The minimum absolute atomic E-state index is 0.462. The second-order valence-electron chi connectivity index (χ2n) is 3.77. The highest BCUT2D eigenvalue weighted by molar-refractivity contribution is 5.02. The Morgan fingerprint density at radius 3 is 2.00 bits per heavy atom. The van der Waals surface area contributed by atoms with Gasteiger partial charge in [-0.15, -0.1) is 0 Å². The van der Waals surface area contributed by atoms with Crippen molar-refractivity contribution in [2.45, 2.75) is 52.0 Å². The predicted molar refractivity (Wildman–Crippen MR) is 54.1 cm³/mol. The maximum absolute atomic E-state index is 2.61. The molecule has 1 aliphatic carbocycles. The first-order valence-corrected chi connectivity index (χ1v) is 5.34. The van der Waals surface area contributed by atoms with Crippen LogP contribution in [-0.4, -0.2) is 23.5 Å². The van der Waals surface area contributed by atoms with Gasteiger partial charge in [0.25, 0.3) is 0 Å². The van der Waals surface area contributed by atoms with Crippen molar-refractivity contribution in [3.8, 4) is 0 Å². The first kappa shape index (κ1) is 10.0. The highest BCUT2D eigenvalue weighted by atomic mass is 15.2. The zero-order chi connectivity index (χ0) is 9.03. The molecule has 71 valence electrons. The lowest BCUT2D eigenvalue weighted by Gasteiger charge is -2.39. The van der Waals surface area contributed by atoms with E-state index >= 15 is 0 Å². The van der Waals surface area contributed by atoms with Gasteiger partial charge in [-0.2, -0.15) is 0 Å². The van der Waals surface area contributed by atoms with E-state index in [1.165, 1.54) is 38.8 Å². The molecule has 0 aromatic rings. The Labute approximate surface area is 77.1 Å². The number of hydrogen-bond donors (Lipinski definition) is 0. The molecule has 0 aliphatic heterocycles. The van der Waals surface area contributed by atoms with Gasteiger partial charge in [0.2, 0.25) is 0 Å². The number of nitrogens with zero attached hydrogens (tertiary/aromatic N) is 1. The average molecular weight is 168 g/mol. The third-order valence-corrected chi connectivity index (χ3v) is 3.40. The Kier molecular flexibility index (Phi) is 3.57. The maximum Gasteiger partial charge on any atom is 0.0238 e. The van der Waals surface area contributed by atoms with Crippen LogP contribution in [0.4, 0.5) is 0 Å². The number of rotatable bonds is 4. The van der Waals surface area contributed by atoms with Gasteiger partial charge in [-0.25, -0.2) is 0 Å². The molecule has 0 spiro atoms. The smallest absolute Gasteiger partial charge is 0.0238 e. The molecule has 0 N–H and O–H groups in total. The molecule has 0 bridgehead atoms. The predicted octanol–water partition coefficient (Wildman–Crippen LogP) is 2.87. The quantitative estimate of drug-likeness (QED) is 0.624. The van der Waals surface area contributed by atoms with Crippen LogP contribution >= 0.6 is 0 Å². The fraction of sp³-hybridized carbons (Fsp3) is 0.909. The van der Waals surface area contributed by atoms with Crippen molar-refractivity contribution in [3.05, 3.63) is 6.42 Å². The van der Waals surface area contributed by atoms with Crippen LogP contribution in [0.2, 0.25) is 0 Å². The fourth-order valence-corrected chi connectivity index (χ4v) is 2.63. The molecule has 1 radical (unpaired) electrons. The van der Waals surface area contributed by atoms with Crippen LogP contribution in [0.5, 0.6) is 0 Å². The Morgan fingerprint density at radius 2 is 1.67 bits per heavy atom. The van der Waals surface area contributed by atoms with Gasteiger partial charge >= 0.3 is 0 Å². The normalized spacial score (nSPS) is 22.0. The summed E-state index contributed by atoms with van der Waals surface area (Å²) in [7, 11) is 0. The molecular formula is C11H22N. The molecule has 0 amide bonds. The molecule has 1 nitrogen and oxygen atoms in total. The highest BCUT2D eigenvalue weighted by Crippen LogP contribution is 2.36. The van der Waals surface area contributed by atoms with Crippen LogP contribution in [0.1, 0.15) is 46.5 Å². The van der Waals surface area contributed by atoms with Gasteiger partial charge in [0, 0.05) is 5.54 Å². The van der Waals surface area contributed by atoms with Crippen molar-refractivity contribution in [2.24, 2.45) is 0 Å². The third-order valence-electron chi connectivity index (χ3n) is 3.40. The molecule has 1 fully saturated rings. The van der Waals surface area contributed by atoms with E-state index in [0.29, 0.717) is 5.54 Å². The van der Waals surface area contributed by atoms with Gasteiger partial charge in [-0.3, -0.25) is 4.90 Å². The van der Waals surface area contributed by atoms with Gasteiger partial charge in [-0.05, 0) is 32.4 Å². The van der Waals surface area contributed by atoms with Gasteiger partial charge in [0.1, 0.15) is 0 Å². The lowest BCUT2D eigenvalue weighted by atomic mass is 9.92. The largest absolute Gasteiger partial charge is 0.298 e.